The molecule has 2 atom stereocenters. The van der Waals surface area contributed by atoms with Crippen molar-refractivity contribution < 1.29 is 19.1 Å². The summed E-state index contributed by atoms with van der Waals surface area (Å²) < 4.78 is 4.91. The van der Waals surface area contributed by atoms with Crippen molar-refractivity contribution in [1.29, 1.82) is 0 Å². The van der Waals surface area contributed by atoms with E-state index in [0.717, 1.165) is 12.0 Å². The van der Waals surface area contributed by atoms with Crippen LogP contribution in [0.3, 0.4) is 0 Å². The van der Waals surface area contributed by atoms with Crippen LogP contribution in [0.2, 0.25) is 0 Å². The van der Waals surface area contributed by atoms with Crippen molar-refractivity contribution in [2.75, 3.05) is 25.0 Å². The summed E-state index contributed by atoms with van der Waals surface area (Å²) in [5.74, 6) is 0.475. The summed E-state index contributed by atoms with van der Waals surface area (Å²) in [5, 5.41) is 5.62. The number of cyclic esters (lactones) is 1. The maximum atomic E-state index is 12.0. The van der Waals surface area contributed by atoms with Crippen LogP contribution in [0.15, 0.2) is 24.3 Å². The average Bonchev–Trinajstić information content (AvgIpc) is 3.18. The Kier molecular flexibility index (Phi) is 5.21. The fourth-order valence-electron chi connectivity index (χ4n) is 2.88. The Balaban J connectivity index is 1.43. The molecule has 7 nitrogen and oxygen atoms in total. The third kappa shape index (κ3) is 4.71. The zero-order chi connectivity index (χ0) is 17.8. The maximum Gasteiger partial charge on any atom is 0.410 e. The summed E-state index contributed by atoms with van der Waals surface area (Å²) in [4.78, 5) is 36.8. The SMILES string of the molecule is C[C@@H]1C[C@H]1C(=O)NCCC(=O)Nc1cccc(CN2CCOC2=O)c1. The second-order valence-electron chi connectivity index (χ2n) is 6.64. The van der Waals surface area contributed by atoms with Gasteiger partial charge in [-0.05, 0) is 30.0 Å². The van der Waals surface area contributed by atoms with Crippen LogP contribution >= 0.6 is 0 Å². The molecular formula is C18H23N3O4. The first-order valence-corrected chi connectivity index (χ1v) is 8.61. The third-order valence-corrected chi connectivity index (χ3v) is 4.53. The van der Waals surface area contributed by atoms with E-state index in [0.29, 0.717) is 37.8 Å². The second kappa shape index (κ2) is 7.55. The molecule has 1 aliphatic carbocycles. The molecule has 25 heavy (non-hydrogen) atoms. The number of amides is 3. The van der Waals surface area contributed by atoms with Gasteiger partial charge in [0.05, 0.1) is 6.54 Å². The van der Waals surface area contributed by atoms with E-state index in [9.17, 15) is 14.4 Å². The van der Waals surface area contributed by atoms with Gasteiger partial charge in [0.15, 0.2) is 0 Å². The Morgan fingerprint density at radius 3 is 2.84 bits per heavy atom. The fraction of sp³-hybridized carbons (Fsp3) is 0.500. The van der Waals surface area contributed by atoms with Gasteiger partial charge in [0, 0.05) is 31.1 Å². The van der Waals surface area contributed by atoms with Crippen LogP contribution in [0.5, 0.6) is 0 Å². The number of hydrogen-bond acceptors (Lipinski definition) is 4. The van der Waals surface area contributed by atoms with Gasteiger partial charge in [0.1, 0.15) is 6.61 Å². The molecular weight excluding hydrogens is 322 g/mol. The lowest BCUT2D eigenvalue weighted by Crippen LogP contribution is -2.29. The van der Waals surface area contributed by atoms with Crippen LogP contribution in [0.25, 0.3) is 0 Å². The molecule has 2 aliphatic rings. The summed E-state index contributed by atoms with van der Waals surface area (Å²) in [6, 6.07) is 7.38. The monoisotopic (exact) mass is 345 g/mol. The molecule has 1 saturated heterocycles. The third-order valence-electron chi connectivity index (χ3n) is 4.53. The highest BCUT2D eigenvalue weighted by atomic mass is 16.6. The van der Waals surface area contributed by atoms with Gasteiger partial charge in [-0.25, -0.2) is 4.79 Å². The lowest BCUT2D eigenvalue weighted by molar-refractivity contribution is -0.122. The standard InChI is InChI=1S/C18H23N3O4/c1-12-9-15(12)17(23)19-6-5-16(22)20-14-4-2-3-13(10-14)11-21-7-8-25-18(21)24/h2-4,10,12,15H,5-9,11H2,1H3,(H,19,23)(H,20,22)/t12-,15-/m1/s1. The van der Waals surface area contributed by atoms with E-state index in [1.165, 1.54) is 0 Å². The number of anilines is 1. The van der Waals surface area contributed by atoms with Gasteiger partial charge < -0.3 is 20.3 Å². The summed E-state index contributed by atoms with van der Waals surface area (Å²) in [5.41, 5.74) is 1.60. The van der Waals surface area contributed by atoms with E-state index in [1.807, 2.05) is 25.1 Å². The van der Waals surface area contributed by atoms with E-state index in [2.05, 4.69) is 10.6 Å². The first-order valence-electron chi connectivity index (χ1n) is 8.61. The fourth-order valence-corrected chi connectivity index (χ4v) is 2.88. The van der Waals surface area contributed by atoms with E-state index >= 15 is 0 Å². The highest BCUT2D eigenvalue weighted by molar-refractivity contribution is 5.91. The van der Waals surface area contributed by atoms with Gasteiger partial charge in [-0.2, -0.15) is 0 Å². The number of nitrogens with zero attached hydrogens (tertiary/aromatic N) is 1. The van der Waals surface area contributed by atoms with Crippen molar-refractivity contribution in [3.8, 4) is 0 Å². The van der Waals surface area contributed by atoms with Crippen LogP contribution in [0.1, 0.15) is 25.3 Å². The highest BCUT2D eigenvalue weighted by Crippen LogP contribution is 2.37. The molecule has 7 heteroatoms. The van der Waals surface area contributed by atoms with Crippen molar-refractivity contribution in [2.24, 2.45) is 11.8 Å². The van der Waals surface area contributed by atoms with Crippen molar-refractivity contribution in [1.82, 2.24) is 10.2 Å². The first kappa shape index (κ1) is 17.3. The topological polar surface area (TPSA) is 87.7 Å². The predicted octanol–water partition coefficient (Wildman–Crippen LogP) is 1.74. The number of nitrogens with one attached hydrogen (secondary N) is 2. The minimum atomic E-state index is -0.310. The molecule has 1 aromatic rings. The molecule has 1 heterocycles. The van der Waals surface area contributed by atoms with Crippen molar-refractivity contribution >= 4 is 23.6 Å². The van der Waals surface area contributed by atoms with E-state index in [-0.39, 0.29) is 30.2 Å². The Labute approximate surface area is 146 Å². The number of benzene rings is 1. The van der Waals surface area contributed by atoms with Crippen molar-refractivity contribution in [3.05, 3.63) is 29.8 Å². The molecule has 1 saturated carbocycles. The lowest BCUT2D eigenvalue weighted by atomic mass is 10.2. The number of carbonyl (C=O) groups excluding carboxylic acids is 3. The van der Waals surface area contributed by atoms with Gasteiger partial charge in [0.2, 0.25) is 11.8 Å². The quantitative estimate of drug-likeness (QED) is 0.788. The van der Waals surface area contributed by atoms with Crippen LogP contribution < -0.4 is 10.6 Å². The molecule has 0 bridgehead atoms. The highest BCUT2D eigenvalue weighted by Gasteiger charge is 2.38. The molecule has 0 spiro atoms. The van der Waals surface area contributed by atoms with Crippen molar-refractivity contribution in [3.63, 3.8) is 0 Å². The van der Waals surface area contributed by atoms with E-state index in [1.54, 1.807) is 11.0 Å². The summed E-state index contributed by atoms with van der Waals surface area (Å²) >= 11 is 0. The number of carbonyl (C=O) groups is 3. The average molecular weight is 345 g/mol. The van der Waals surface area contributed by atoms with Gasteiger partial charge >= 0.3 is 6.09 Å². The maximum absolute atomic E-state index is 12.0. The summed E-state index contributed by atoms with van der Waals surface area (Å²) in [7, 11) is 0. The van der Waals surface area contributed by atoms with Gasteiger partial charge in [-0.15, -0.1) is 0 Å². The molecule has 0 radical (unpaired) electrons. The summed E-state index contributed by atoms with van der Waals surface area (Å²) in [6.07, 6.45) is 0.861. The molecule has 2 N–H and O–H groups in total. The number of hydrogen-bond donors (Lipinski definition) is 2. The molecule has 0 aromatic heterocycles. The minimum Gasteiger partial charge on any atom is -0.448 e. The zero-order valence-electron chi connectivity index (χ0n) is 14.3. The zero-order valence-corrected chi connectivity index (χ0v) is 14.3. The van der Waals surface area contributed by atoms with Gasteiger partial charge in [-0.1, -0.05) is 19.1 Å². The molecule has 1 aliphatic heterocycles. The van der Waals surface area contributed by atoms with E-state index in [4.69, 9.17) is 4.74 Å². The normalized spacial score (nSPS) is 21.6. The Bertz CT molecular complexity index is 676. The molecule has 0 unspecified atom stereocenters. The smallest absolute Gasteiger partial charge is 0.410 e. The number of ether oxygens (including phenoxy) is 1. The van der Waals surface area contributed by atoms with Crippen LogP contribution in [0.4, 0.5) is 10.5 Å². The van der Waals surface area contributed by atoms with E-state index < -0.39 is 0 Å². The molecule has 1 aromatic carbocycles. The van der Waals surface area contributed by atoms with Crippen LogP contribution in [-0.4, -0.2) is 42.5 Å². The second-order valence-corrected chi connectivity index (χ2v) is 6.64. The first-order chi connectivity index (χ1) is 12.0. The van der Waals surface area contributed by atoms with Gasteiger partial charge in [0.25, 0.3) is 0 Å². The van der Waals surface area contributed by atoms with Crippen LogP contribution in [0, 0.1) is 11.8 Å². The Morgan fingerprint density at radius 2 is 2.16 bits per heavy atom. The predicted molar refractivity (Wildman–Crippen MR) is 91.7 cm³/mol. The lowest BCUT2D eigenvalue weighted by Gasteiger charge is -2.13. The Hall–Kier alpha value is -2.57. The number of rotatable bonds is 7. The molecule has 3 amide bonds. The molecule has 3 rings (SSSR count). The minimum absolute atomic E-state index is 0.0415. The van der Waals surface area contributed by atoms with Crippen LogP contribution in [-0.2, 0) is 20.9 Å². The molecule has 2 fully saturated rings. The largest absolute Gasteiger partial charge is 0.448 e. The Morgan fingerprint density at radius 1 is 1.36 bits per heavy atom. The van der Waals surface area contributed by atoms with Crippen molar-refractivity contribution in [2.45, 2.75) is 26.3 Å². The molecule has 134 valence electrons. The van der Waals surface area contributed by atoms with Gasteiger partial charge in [-0.3, -0.25) is 9.59 Å². The summed E-state index contributed by atoms with van der Waals surface area (Å²) in [6.45, 7) is 3.84.